The molecule has 1 aliphatic heterocycles. The maximum atomic E-state index is 12.8. The number of hydrogen-bond donors (Lipinski definition) is 0. The molecular formula is C14H17Cl2FO3. The number of halogens is 3. The molecule has 1 heterocycles. The smallest absolute Gasteiger partial charge is 0.257 e. The van der Waals surface area contributed by atoms with Crippen LogP contribution in [0.5, 0.6) is 17.2 Å². The fourth-order valence-corrected chi connectivity index (χ4v) is 2.20. The van der Waals surface area contributed by atoms with Gasteiger partial charge in [0.25, 0.3) is 4.59 Å². The summed E-state index contributed by atoms with van der Waals surface area (Å²) in [7, 11) is 0. The summed E-state index contributed by atoms with van der Waals surface area (Å²) in [5.41, 5.74) is 0. The number of unbranched alkanes of at least 4 members (excludes halogenated alkanes) is 3. The Morgan fingerprint density at radius 2 is 1.85 bits per heavy atom. The van der Waals surface area contributed by atoms with Crippen LogP contribution in [0, 0.1) is 0 Å². The Labute approximate surface area is 127 Å². The molecule has 0 N–H and O–H groups in total. The van der Waals surface area contributed by atoms with Crippen LogP contribution in [0.3, 0.4) is 0 Å². The van der Waals surface area contributed by atoms with Gasteiger partial charge in [0, 0.05) is 12.5 Å². The number of ether oxygens (including phenoxy) is 3. The van der Waals surface area contributed by atoms with Gasteiger partial charge >= 0.3 is 0 Å². The van der Waals surface area contributed by atoms with Crippen molar-refractivity contribution in [3.05, 3.63) is 18.2 Å². The predicted octanol–water partition coefficient (Wildman–Crippen LogP) is 4.85. The molecule has 1 aromatic carbocycles. The first-order chi connectivity index (χ1) is 9.54. The molecule has 0 radical (unpaired) electrons. The summed E-state index contributed by atoms with van der Waals surface area (Å²) in [5.74, 6) is 2.22. The average Bonchev–Trinajstić information content (AvgIpc) is 2.83. The zero-order chi connectivity index (χ0) is 14.4. The molecule has 0 unspecified atom stereocenters. The molecule has 1 aromatic rings. The minimum absolute atomic E-state index is 0.166. The fraction of sp³-hybridized carbons (Fsp3) is 0.571. The summed E-state index contributed by atoms with van der Waals surface area (Å²) in [6.07, 6.45) is 3.58. The first kappa shape index (κ1) is 15.5. The monoisotopic (exact) mass is 322 g/mol. The Bertz CT molecular complexity index is 435. The zero-order valence-electron chi connectivity index (χ0n) is 11.0. The molecule has 0 saturated carbocycles. The lowest BCUT2D eigenvalue weighted by molar-refractivity contribution is 0.173. The predicted molar refractivity (Wildman–Crippen MR) is 76.7 cm³/mol. The highest BCUT2D eigenvalue weighted by atomic mass is 35.5. The highest BCUT2D eigenvalue weighted by Gasteiger charge is 2.20. The lowest BCUT2D eigenvalue weighted by atomic mass is 10.1. The maximum absolute atomic E-state index is 12.8. The van der Waals surface area contributed by atoms with Crippen molar-refractivity contribution in [3.8, 4) is 17.2 Å². The van der Waals surface area contributed by atoms with Crippen LogP contribution in [0.15, 0.2) is 18.2 Å². The molecular weight excluding hydrogens is 306 g/mol. The Balaban J connectivity index is 1.57. The fourth-order valence-electron chi connectivity index (χ4n) is 1.94. The van der Waals surface area contributed by atoms with Crippen molar-refractivity contribution in [3.63, 3.8) is 0 Å². The molecule has 0 atom stereocenters. The van der Waals surface area contributed by atoms with Gasteiger partial charge in [-0.2, -0.15) is 0 Å². The van der Waals surface area contributed by atoms with Crippen LogP contribution in [0.25, 0.3) is 0 Å². The SMILES string of the molecule is FC(Cl)(Cl)CCCCCCOc1ccc2c(c1)OCO2. The molecule has 3 nitrogen and oxygen atoms in total. The highest BCUT2D eigenvalue weighted by Crippen LogP contribution is 2.35. The number of alkyl halides is 3. The Hall–Kier alpha value is -0.870. The molecule has 0 aromatic heterocycles. The maximum Gasteiger partial charge on any atom is 0.257 e. The number of benzene rings is 1. The lowest BCUT2D eigenvalue weighted by Gasteiger charge is -2.09. The van der Waals surface area contributed by atoms with E-state index in [2.05, 4.69) is 0 Å². The summed E-state index contributed by atoms with van der Waals surface area (Å²) in [5, 5.41) is 0. The van der Waals surface area contributed by atoms with Crippen molar-refractivity contribution in [2.75, 3.05) is 13.4 Å². The molecule has 0 fully saturated rings. The third kappa shape index (κ3) is 5.25. The topological polar surface area (TPSA) is 27.7 Å². The van der Waals surface area contributed by atoms with Crippen LogP contribution >= 0.6 is 23.2 Å². The third-order valence-electron chi connectivity index (χ3n) is 2.97. The van der Waals surface area contributed by atoms with E-state index in [0.29, 0.717) is 18.8 Å². The van der Waals surface area contributed by atoms with Gasteiger partial charge in [0.1, 0.15) is 5.75 Å². The van der Waals surface area contributed by atoms with E-state index in [1.54, 1.807) is 0 Å². The van der Waals surface area contributed by atoms with Crippen LogP contribution in [0.2, 0.25) is 0 Å². The minimum atomic E-state index is -2.09. The molecule has 0 aliphatic carbocycles. The van der Waals surface area contributed by atoms with E-state index in [1.165, 1.54) is 0 Å². The molecule has 0 amide bonds. The van der Waals surface area contributed by atoms with Crippen LogP contribution in [0.1, 0.15) is 32.1 Å². The summed E-state index contributed by atoms with van der Waals surface area (Å²) in [6.45, 7) is 0.873. The van der Waals surface area contributed by atoms with Crippen molar-refractivity contribution in [1.82, 2.24) is 0 Å². The van der Waals surface area contributed by atoms with Crippen LogP contribution in [-0.4, -0.2) is 18.0 Å². The van der Waals surface area contributed by atoms with Crippen LogP contribution in [0.4, 0.5) is 4.39 Å². The zero-order valence-corrected chi connectivity index (χ0v) is 12.6. The van der Waals surface area contributed by atoms with Gasteiger partial charge in [0.15, 0.2) is 11.5 Å². The van der Waals surface area contributed by atoms with Gasteiger partial charge in [-0.05, 0) is 25.0 Å². The summed E-state index contributed by atoms with van der Waals surface area (Å²) >= 11 is 10.5. The number of hydrogen-bond acceptors (Lipinski definition) is 3. The summed E-state index contributed by atoms with van der Waals surface area (Å²) in [6, 6.07) is 5.51. The van der Waals surface area contributed by atoms with Gasteiger partial charge in [-0.3, -0.25) is 0 Å². The minimum Gasteiger partial charge on any atom is -0.493 e. The van der Waals surface area contributed by atoms with E-state index in [1.807, 2.05) is 18.2 Å². The Morgan fingerprint density at radius 3 is 2.65 bits per heavy atom. The Morgan fingerprint density at radius 1 is 1.10 bits per heavy atom. The first-order valence-corrected chi connectivity index (χ1v) is 7.39. The van der Waals surface area contributed by atoms with Gasteiger partial charge in [0.2, 0.25) is 6.79 Å². The highest BCUT2D eigenvalue weighted by molar-refractivity contribution is 6.47. The number of rotatable bonds is 8. The second-order valence-corrected chi connectivity index (χ2v) is 6.03. The molecule has 0 saturated heterocycles. The normalized spacial score (nSPS) is 13.6. The van der Waals surface area contributed by atoms with Gasteiger partial charge < -0.3 is 14.2 Å². The molecule has 1 aliphatic rings. The van der Waals surface area contributed by atoms with Crippen molar-refractivity contribution < 1.29 is 18.6 Å². The van der Waals surface area contributed by atoms with E-state index in [0.717, 1.165) is 30.8 Å². The van der Waals surface area contributed by atoms with Gasteiger partial charge in [0.05, 0.1) is 6.61 Å². The molecule has 112 valence electrons. The van der Waals surface area contributed by atoms with E-state index in [9.17, 15) is 4.39 Å². The first-order valence-electron chi connectivity index (χ1n) is 6.64. The largest absolute Gasteiger partial charge is 0.493 e. The van der Waals surface area contributed by atoms with Gasteiger partial charge in [-0.15, -0.1) is 0 Å². The van der Waals surface area contributed by atoms with Crippen molar-refractivity contribution in [2.24, 2.45) is 0 Å². The van der Waals surface area contributed by atoms with Gasteiger partial charge in [-0.1, -0.05) is 36.0 Å². The molecule has 6 heteroatoms. The second kappa shape index (κ2) is 7.23. The molecule has 0 spiro atoms. The van der Waals surface area contributed by atoms with Gasteiger partial charge in [-0.25, -0.2) is 4.39 Å². The molecule has 0 bridgehead atoms. The van der Waals surface area contributed by atoms with E-state index >= 15 is 0 Å². The molecule has 20 heavy (non-hydrogen) atoms. The average molecular weight is 323 g/mol. The molecule has 2 rings (SSSR count). The quantitative estimate of drug-likeness (QED) is 0.506. The summed E-state index contributed by atoms with van der Waals surface area (Å²) < 4.78 is 26.8. The van der Waals surface area contributed by atoms with Crippen molar-refractivity contribution in [2.45, 2.75) is 36.7 Å². The van der Waals surface area contributed by atoms with Crippen LogP contribution < -0.4 is 14.2 Å². The Kier molecular flexibility index (Phi) is 5.61. The van der Waals surface area contributed by atoms with Crippen molar-refractivity contribution in [1.29, 1.82) is 0 Å². The number of fused-ring (bicyclic) bond motifs is 1. The third-order valence-corrected chi connectivity index (χ3v) is 3.35. The van der Waals surface area contributed by atoms with Crippen LogP contribution in [-0.2, 0) is 0 Å². The second-order valence-electron chi connectivity index (χ2n) is 4.64. The van der Waals surface area contributed by atoms with E-state index in [4.69, 9.17) is 37.4 Å². The van der Waals surface area contributed by atoms with E-state index in [-0.39, 0.29) is 13.2 Å². The van der Waals surface area contributed by atoms with E-state index < -0.39 is 4.59 Å². The van der Waals surface area contributed by atoms with Crippen molar-refractivity contribution >= 4 is 23.2 Å². The summed E-state index contributed by atoms with van der Waals surface area (Å²) in [4.78, 5) is 0. The lowest BCUT2D eigenvalue weighted by Crippen LogP contribution is -2.03. The standard InChI is InChI=1S/C14H17Cl2FO3/c15-14(16,17)7-3-1-2-4-8-18-11-5-6-12-13(9-11)20-10-19-12/h5-6,9H,1-4,7-8,10H2.